The maximum Gasteiger partial charge on any atom is 0.321 e. The van der Waals surface area contributed by atoms with Crippen molar-refractivity contribution >= 4 is 35.6 Å². The molecule has 0 bridgehead atoms. The second-order valence-corrected chi connectivity index (χ2v) is 3.69. The summed E-state index contributed by atoms with van der Waals surface area (Å²) in [4.78, 5) is 33.1. The lowest BCUT2D eigenvalue weighted by Gasteiger charge is -2.03. The molecule has 0 radical (unpaired) electrons. The largest absolute Gasteiger partial charge is 0.368 e. The summed E-state index contributed by atoms with van der Waals surface area (Å²) in [5.41, 5.74) is 10.7. The van der Waals surface area contributed by atoms with E-state index in [4.69, 9.17) is 11.5 Å². The maximum absolute atomic E-state index is 11.2. The van der Waals surface area contributed by atoms with Crippen molar-refractivity contribution in [3.05, 3.63) is 0 Å². The summed E-state index contributed by atoms with van der Waals surface area (Å²) in [6, 6.07) is -0.578. The van der Waals surface area contributed by atoms with Crippen molar-refractivity contribution < 1.29 is 9.59 Å². The molecule has 0 saturated heterocycles. The summed E-state index contributed by atoms with van der Waals surface area (Å²) in [5.74, 6) is -0.554. The summed E-state index contributed by atoms with van der Waals surface area (Å²) in [6.07, 6.45) is 0. The minimum atomic E-state index is -0.578. The Bertz CT molecular complexity index is 418. The highest BCUT2D eigenvalue weighted by molar-refractivity contribution is 7.99. The second-order valence-electron chi connectivity index (χ2n) is 2.75. The average molecular weight is 257 g/mol. The Morgan fingerprint density at radius 2 is 1.82 bits per heavy atom. The van der Waals surface area contributed by atoms with Crippen molar-refractivity contribution in [3.63, 3.8) is 0 Å². The fraction of sp³-hybridized carbons (Fsp3) is 0.286. The van der Waals surface area contributed by atoms with E-state index in [0.29, 0.717) is 0 Å². The molecule has 92 valence electrons. The van der Waals surface area contributed by atoms with Gasteiger partial charge in [0.1, 0.15) is 0 Å². The first-order valence-electron chi connectivity index (χ1n) is 4.42. The first-order chi connectivity index (χ1) is 8.01. The number of urea groups is 1. The molecule has 0 spiro atoms. The van der Waals surface area contributed by atoms with E-state index in [-0.39, 0.29) is 22.8 Å². The zero-order valence-electron chi connectivity index (χ0n) is 8.93. The summed E-state index contributed by atoms with van der Waals surface area (Å²) in [6.45, 7) is 0. The van der Waals surface area contributed by atoms with E-state index in [1.807, 2.05) is 0 Å². The zero-order valence-corrected chi connectivity index (χ0v) is 9.74. The van der Waals surface area contributed by atoms with Crippen LogP contribution in [0, 0.1) is 0 Å². The first kappa shape index (κ1) is 13.0. The summed E-state index contributed by atoms with van der Waals surface area (Å²) in [7, 11) is 1.41. The van der Waals surface area contributed by atoms with Crippen molar-refractivity contribution in [2.75, 3.05) is 24.3 Å². The van der Waals surface area contributed by atoms with Crippen molar-refractivity contribution in [2.24, 2.45) is 0 Å². The van der Waals surface area contributed by atoms with Crippen molar-refractivity contribution in [1.82, 2.24) is 25.6 Å². The average Bonchev–Trinajstić information content (AvgIpc) is 2.25. The number of carbonyl (C=O) groups excluding carboxylic acids is 2. The van der Waals surface area contributed by atoms with E-state index in [0.717, 1.165) is 11.8 Å². The fourth-order valence-electron chi connectivity index (χ4n) is 0.808. The molecule has 0 aromatic carbocycles. The topological polar surface area (TPSA) is 149 Å². The Morgan fingerprint density at radius 3 is 2.35 bits per heavy atom. The van der Waals surface area contributed by atoms with Crippen LogP contribution in [0.5, 0.6) is 0 Å². The lowest BCUT2D eigenvalue weighted by Crippen LogP contribution is -2.38. The normalized spacial score (nSPS) is 9.71. The van der Waals surface area contributed by atoms with Gasteiger partial charge in [0.2, 0.25) is 17.8 Å². The van der Waals surface area contributed by atoms with Gasteiger partial charge in [-0.1, -0.05) is 11.8 Å². The monoisotopic (exact) mass is 257 g/mol. The number of carbonyl (C=O) groups is 2. The predicted octanol–water partition coefficient (Wildman–Crippen LogP) is -1.42. The molecule has 0 aliphatic rings. The molecule has 0 saturated carbocycles. The number of imide groups is 1. The van der Waals surface area contributed by atoms with Gasteiger partial charge in [-0.2, -0.15) is 15.0 Å². The number of anilines is 2. The van der Waals surface area contributed by atoms with Crippen LogP contribution in [0.2, 0.25) is 0 Å². The number of hydrogen-bond donors (Lipinski definition) is 4. The Morgan fingerprint density at radius 1 is 1.24 bits per heavy atom. The molecule has 0 atom stereocenters. The van der Waals surface area contributed by atoms with Crippen molar-refractivity contribution in [2.45, 2.75) is 5.16 Å². The van der Waals surface area contributed by atoms with Crippen LogP contribution in [0.1, 0.15) is 0 Å². The van der Waals surface area contributed by atoms with Crippen molar-refractivity contribution in [1.29, 1.82) is 0 Å². The van der Waals surface area contributed by atoms with Crippen LogP contribution in [0.3, 0.4) is 0 Å². The smallest absolute Gasteiger partial charge is 0.321 e. The Kier molecular flexibility index (Phi) is 4.46. The quantitative estimate of drug-likeness (QED) is 0.482. The van der Waals surface area contributed by atoms with Crippen LogP contribution in [-0.4, -0.2) is 39.7 Å². The molecule has 1 aromatic rings. The van der Waals surface area contributed by atoms with E-state index in [9.17, 15) is 9.59 Å². The molecule has 0 fully saturated rings. The first-order valence-corrected chi connectivity index (χ1v) is 5.41. The Balaban J connectivity index is 2.50. The number of thioether (sulfide) groups is 1. The van der Waals surface area contributed by atoms with Gasteiger partial charge in [-0.15, -0.1) is 0 Å². The van der Waals surface area contributed by atoms with Gasteiger partial charge in [0.15, 0.2) is 5.16 Å². The van der Waals surface area contributed by atoms with Gasteiger partial charge < -0.3 is 16.8 Å². The van der Waals surface area contributed by atoms with Gasteiger partial charge in [0.25, 0.3) is 0 Å². The molecule has 3 amide bonds. The fourth-order valence-corrected chi connectivity index (χ4v) is 1.46. The number of hydrogen-bond acceptors (Lipinski definition) is 8. The van der Waals surface area contributed by atoms with Crippen LogP contribution in [0.4, 0.5) is 16.7 Å². The second kappa shape index (κ2) is 5.84. The molecule has 1 heterocycles. The standard InChI is InChI=1S/C7H11N7O2S/c1-10-6(16)11-3(15)2-17-7-13-4(8)12-5(9)14-7/h2H2,1H3,(H2,10,11,15,16)(H4,8,9,12,13,14). The SMILES string of the molecule is CNC(=O)NC(=O)CSc1nc(N)nc(N)n1. The highest BCUT2D eigenvalue weighted by atomic mass is 32.2. The Labute approximate surface area is 101 Å². The van der Waals surface area contributed by atoms with Crippen molar-refractivity contribution in [3.8, 4) is 0 Å². The summed E-state index contributed by atoms with van der Waals surface area (Å²) < 4.78 is 0. The molecular formula is C7H11N7O2S. The minimum Gasteiger partial charge on any atom is -0.368 e. The van der Waals surface area contributed by atoms with Crippen LogP contribution < -0.4 is 22.1 Å². The number of rotatable bonds is 3. The Hall–Kier alpha value is -2.10. The number of nitrogens with one attached hydrogen (secondary N) is 2. The number of nitrogens with two attached hydrogens (primary N) is 2. The van der Waals surface area contributed by atoms with E-state index in [2.05, 4.69) is 25.6 Å². The lowest BCUT2D eigenvalue weighted by atomic mass is 10.7. The van der Waals surface area contributed by atoms with Crippen LogP contribution in [0.15, 0.2) is 5.16 Å². The summed E-state index contributed by atoms with van der Waals surface area (Å²) >= 11 is 0.995. The number of nitrogens with zero attached hydrogens (tertiary/aromatic N) is 3. The number of aromatic nitrogens is 3. The van der Waals surface area contributed by atoms with E-state index >= 15 is 0 Å². The minimum absolute atomic E-state index is 0.0216. The third-order valence-electron chi connectivity index (χ3n) is 1.46. The molecule has 6 N–H and O–H groups in total. The predicted molar refractivity (Wildman–Crippen MR) is 62.0 cm³/mol. The van der Waals surface area contributed by atoms with E-state index in [1.54, 1.807) is 0 Å². The zero-order chi connectivity index (χ0) is 12.8. The number of nitrogen functional groups attached to an aromatic ring is 2. The highest BCUT2D eigenvalue weighted by Gasteiger charge is 2.09. The van der Waals surface area contributed by atoms with Gasteiger partial charge in [-0.05, 0) is 0 Å². The number of amides is 3. The molecule has 0 aliphatic carbocycles. The van der Waals surface area contributed by atoms with E-state index in [1.165, 1.54) is 7.05 Å². The molecule has 0 unspecified atom stereocenters. The molecule has 1 rings (SSSR count). The van der Waals surface area contributed by atoms with Gasteiger partial charge in [0.05, 0.1) is 5.75 Å². The lowest BCUT2D eigenvalue weighted by molar-refractivity contribution is -0.117. The highest BCUT2D eigenvalue weighted by Crippen LogP contribution is 2.13. The third kappa shape index (κ3) is 4.51. The third-order valence-corrected chi connectivity index (χ3v) is 2.31. The van der Waals surface area contributed by atoms with Gasteiger partial charge in [0, 0.05) is 7.05 Å². The van der Waals surface area contributed by atoms with Crippen LogP contribution in [-0.2, 0) is 4.79 Å². The van der Waals surface area contributed by atoms with Gasteiger partial charge in [-0.25, -0.2) is 4.79 Å². The van der Waals surface area contributed by atoms with Crippen LogP contribution >= 0.6 is 11.8 Å². The molecule has 10 heteroatoms. The van der Waals surface area contributed by atoms with Gasteiger partial charge in [-0.3, -0.25) is 10.1 Å². The molecule has 1 aromatic heterocycles. The molecular weight excluding hydrogens is 246 g/mol. The van der Waals surface area contributed by atoms with E-state index < -0.39 is 11.9 Å². The molecule has 17 heavy (non-hydrogen) atoms. The molecule has 9 nitrogen and oxygen atoms in total. The molecule has 0 aliphatic heterocycles. The van der Waals surface area contributed by atoms with Gasteiger partial charge >= 0.3 is 6.03 Å². The summed E-state index contributed by atoms with van der Waals surface area (Å²) in [5, 5.41) is 4.56. The van der Waals surface area contributed by atoms with Crippen LogP contribution in [0.25, 0.3) is 0 Å². The maximum atomic E-state index is 11.2.